The molecule has 1 aliphatic rings. The third kappa shape index (κ3) is 5.34. The molecule has 0 aliphatic heterocycles. The van der Waals surface area contributed by atoms with Gasteiger partial charge in [0.2, 0.25) is 5.91 Å². The molecule has 0 atom stereocenters. The first kappa shape index (κ1) is 20.8. The number of anilines is 1. The lowest BCUT2D eigenvalue weighted by molar-refractivity contribution is -0.121. The number of nitrogens with one attached hydrogen (secondary N) is 2. The molecular weight excluding hydrogens is 394 g/mol. The predicted molar refractivity (Wildman–Crippen MR) is 115 cm³/mol. The van der Waals surface area contributed by atoms with Gasteiger partial charge in [-0.2, -0.15) is 0 Å². The zero-order valence-corrected chi connectivity index (χ0v) is 17.8. The van der Waals surface area contributed by atoms with Crippen LogP contribution in [0.3, 0.4) is 0 Å². The summed E-state index contributed by atoms with van der Waals surface area (Å²) in [5.74, 6) is -0.0480. The van der Waals surface area contributed by atoms with E-state index in [0.717, 1.165) is 36.9 Å². The second kappa shape index (κ2) is 9.54. The van der Waals surface area contributed by atoms with Crippen molar-refractivity contribution in [3.05, 3.63) is 51.2 Å². The van der Waals surface area contributed by atoms with Gasteiger partial charge in [-0.15, -0.1) is 11.3 Å². The molecule has 28 heavy (non-hydrogen) atoms. The zero-order chi connectivity index (χ0) is 20.1. The number of benzene rings is 1. The average molecular weight is 420 g/mol. The minimum absolute atomic E-state index is 0.0482. The van der Waals surface area contributed by atoms with Gasteiger partial charge in [-0.3, -0.25) is 9.59 Å². The van der Waals surface area contributed by atoms with Crippen molar-refractivity contribution in [3.63, 3.8) is 0 Å². The summed E-state index contributed by atoms with van der Waals surface area (Å²) in [7, 11) is 4.19. The summed E-state index contributed by atoms with van der Waals surface area (Å²) in [5.41, 5.74) is 1.64. The Morgan fingerprint density at radius 1 is 1.11 bits per heavy atom. The van der Waals surface area contributed by atoms with Crippen molar-refractivity contribution in [2.75, 3.05) is 19.4 Å². The maximum atomic E-state index is 12.7. The summed E-state index contributed by atoms with van der Waals surface area (Å²) in [6.07, 6.45) is 3.91. The lowest BCUT2D eigenvalue weighted by Crippen LogP contribution is -2.35. The molecule has 0 spiro atoms. The molecule has 150 valence electrons. The number of carbonyl (C=O) groups excluding carboxylic acids is 2. The molecule has 0 bridgehead atoms. The molecule has 0 unspecified atom stereocenters. The lowest BCUT2D eigenvalue weighted by Gasteiger charge is -2.32. The van der Waals surface area contributed by atoms with Crippen LogP contribution in [0.25, 0.3) is 0 Å². The normalized spacial score (nSPS) is 19.4. The topological polar surface area (TPSA) is 61.4 Å². The summed E-state index contributed by atoms with van der Waals surface area (Å²) in [4.78, 5) is 27.8. The van der Waals surface area contributed by atoms with Crippen molar-refractivity contribution < 1.29 is 9.59 Å². The molecule has 1 heterocycles. The van der Waals surface area contributed by atoms with E-state index in [0.29, 0.717) is 21.8 Å². The summed E-state index contributed by atoms with van der Waals surface area (Å²) >= 11 is 7.14. The Morgan fingerprint density at radius 2 is 1.82 bits per heavy atom. The van der Waals surface area contributed by atoms with Crippen LogP contribution in [-0.4, -0.2) is 36.9 Å². The van der Waals surface area contributed by atoms with Crippen molar-refractivity contribution >= 4 is 40.4 Å². The molecule has 1 aromatic carbocycles. The Kier molecular flexibility index (Phi) is 7.10. The highest BCUT2D eigenvalue weighted by Gasteiger charge is 2.27. The molecule has 5 nitrogen and oxygen atoms in total. The fourth-order valence-corrected chi connectivity index (χ4v) is 4.54. The van der Waals surface area contributed by atoms with E-state index in [1.165, 1.54) is 11.3 Å². The number of halogens is 1. The average Bonchev–Trinajstić information content (AvgIpc) is 3.13. The van der Waals surface area contributed by atoms with E-state index < -0.39 is 0 Å². The second-order valence-electron chi connectivity index (χ2n) is 7.40. The number of hydrogen-bond donors (Lipinski definition) is 2. The monoisotopic (exact) mass is 419 g/mol. The van der Waals surface area contributed by atoms with E-state index in [1.54, 1.807) is 12.1 Å². The quantitative estimate of drug-likeness (QED) is 0.729. The van der Waals surface area contributed by atoms with Crippen LogP contribution >= 0.6 is 22.9 Å². The first-order valence-corrected chi connectivity index (χ1v) is 10.7. The molecule has 0 radical (unpaired) electrons. The number of hydrogen-bond acceptors (Lipinski definition) is 4. The van der Waals surface area contributed by atoms with E-state index in [-0.39, 0.29) is 17.7 Å². The van der Waals surface area contributed by atoms with Crippen LogP contribution < -0.4 is 10.6 Å². The van der Waals surface area contributed by atoms with Gasteiger partial charge in [0.05, 0.1) is 9.21 Å². The van der Waals surface area contributed by atoms with E-state index in [1.807, 2.05) is 24.3 Å². The van der Waals surface area contributed by atoms with Crippen LogP contribution in [0.15, 0.2) is 36.4 Å². The number of nitrogens with zero attached hydrogens (tertiary/aromatic N) is 1. The highest BCUT2D eigenvalue weighted by Crippen LogP contribution is 2.28. The molecule has 2 aromatic rings. The summed E-state index contributed by atoms with van der Waals surface area (Å²) in [6.45, 7) is 0.345. The summed E-state index contributed by atoms with van der Waals surface area (Å²) in [6, 6.07) is 11.6. The predicted octanol–water partition coefficient (Wildman–Crippen LogP) is 4.39. The highest BCUT2D eigenvalue weighted by atomic mass is 35.5. The van der Waals surface area contributed by atoms with Crippen LogP contribution in [0, 0.1) is 5.92 Å². The second-order valence-corrected chi connectivity index (χ2v) is 9.12. The van der Waals surface area contributed by atoms with E-state index in [4.69, 9.17) is 11.6 Å². The zero-order valence-electron chi connectivity index (χ0n) is 16.2. The van der Waals surface area contributed by atoms with Gasteiger partial charge in [-0.05, 0) is 63.5 Å². The van der Waals surface area contributed by atoms with Gasteiger partial charge in [0.15, 0.2) is 0 Å². The number of carbonyl (C=O) groups is 2. The fourth-order valence-electron chi connectivity index (χ4n) is 3.58. The van der Waals surface area contributed by atoms with Crippen LogP contribution in [-0.2, 0) is 11.3 Å². The molecule has 0 saturated heterocycles. The van der Waals surface area contributed by atoms with Gasteiger partial charge in [0.1, 0.15) is 0 Å². The first-order valence-electron chi connectivity index (χ1n) is 9.52. The number of amides is 2. The van der Waals surface area contributed by atoms with E-state index in [9.17, 15) is 9.59 Å². The molecule has 1 fully saturated rings. The van der Waals surface area contributed by atoms with Crippen LogP contribution in [0.4, 0.5) is 5.69 Å². The van der Waals surface area contributed by atoms with E-state index >= 15 is 0 Å². The molecule has 1 aliphatic carbocycles. The molecule has 3 rings (SSSR count). The maximum absolute atomic E-state index is 12.7. The minimum Gasteiger partial charge on any atom is -0.347 e. The van der Waals surface area contributed by atoms with Gasteiger partial charge in [-0.1, -0.05) is 29.8 Å². The third-order valence-electron chi connectivity index (χ3n) is 5.31. The summed E-state index contributed by atoms with van der Waals surface area (Å²) in [5, 5.41) is 5.97. The molecule has 1 saturated carbocycles. The van der Waals surface area contributed by atoms with Gasteiger partial charge in [0.25, 0.3) is 5.91 Å². The Balaban J connectivity index is 1.58. The first-order chi connectivity index (χ1) is 13.4. The van der Waals surface area contributed by atoms with Gasteiger partial charge in [0, 0.05) is 24.2 Å². The van der Waals surface area contributed by atoms with Crippen molar-refractivity contribution in [1.82, 2.24) is 10.2 Å². The van der Waals surface area contributed by atoms with Gasteiger partial charge < -0.3 is 15.5 Å². The summed E-state index contributed by atoms with van der Waals surface area (Å²) < 4.78 is 0.585. The number of rotatable bonds is 6. The Bertz CT molecular complexity index is 829. The van der Waals surface area contributed by atoms with Crippen molar-refractivity contribution in [2.24, 2.45) is 5.92 Å². The van der Waals surface area contributed by atoms with Gasteiger partial charge in [-0.25, -0.2) is 0 Å². The van der Waals surface area contributed by atoms with Crippen LogP contribution in [0.1, 0.15) is 40.9 Å². The van der Waals surface area contributed by atoms with E-state index in [2.05, 4.69) is 29.6 Å². The van der Waals surface area contributed by atoms with Crippen molar-refractivity contribution in [1.29, 1.82) is 0 Å². The SMILES string of the molecule is CN(C)C1CCC(C(=O)Nc2ccccc2CNC(=O)c2ccc(Cl)s2)CC1. The highest BCUT2D eigenvalue weighted by molar-refractivity contribution is 7.17. The molecule has 2 amide bonds. The number of para-hydroxylation sites is 1. The Labute approximate surface area is 175 Å². The third-order valence-corrected chi connectivity index (χ3v) is 6.54. The standard InChI is InChI=1S/C21H26ClN3O2S/c1-25(2)16-9-7-14(8-10-16)20(26)24-17-6-4-3-5-15(17)13-23-21(27)18-11-12-19(22)28-18/h3-6,11-12,14,16H,7-10,13H2,1-2H3,(H,23,27)(H,24,26). The van der Waals surface area contributed by atoms with Crippen LogP contribution in [0.5, 0.6) is 0 Å². The Morgan fingerprint density at radius 3 is 2.46 bits per heavy atom. The minimum atomic E-state index is -0.167. The largest absolute Gasteiger partial charge is 0.347 e. The molecule has 7 heteroatoms. The number of thiophene rings is 1. The molecule has 1 aromatic heterocycles. The molecule has 2 N–H and O–H groups in total. The maximum Gasteiger partial charge on any atom is 0.261 e. The van der Waals surface area contributed by atoms with Crippen molar-refractivity contribution in [2.45, 2.75) is 38.3 Å². The van der Waals surface area contributed by atoms with Crippen LogP contribution in [0.2, 0.25) is 4.34 Å². The molecular formula is C21H26ClN3O2S. The van der Waals surface area contributed by atoms with Crippen molar-refractivity contribution in [3.8, 4) is 0 Å². The smallest absolute Gasteiger partial charge is 0.261 e. The Hall–Kier alpha value is -1.89. The lowest BCUT2D eigenvalue weighted by atomic mass is 9.85. The van der Waals surface area contributed by atoms with Gasteiger partial charge >= 0.3 is 0 Å². The fraction of sp³-hybridized carbons (Fsp3) is 0.429.